The fourth-order valence-electron chi connectivity index (χ4n) is 2.79. The Hall–Kier alpha value is -1.26. The molecule has 0 amide bonds. The Labute approximate surface area is 134 Å². The zero-order valence-corrected chi connectivity index (χ0v) is 14.1. The summed E-state index contributed by atoms with van der Waals surface area (Å²) in [5, 5.41) is 3.34. The maximum Gasteiger partial charge on any atom is 0.161 e. The molecule has 0 aromatic heterocycles. The van der Waals surface area contributed by atoms with E-state index in [0.29, 0.717) is 6.61 Å². The Bertz CT molecular complexity index is 431. The molecule has 0 saturated carbocycles. The van der Waals surface area contributed by atoms with Gasteiger partial charge in [0.25, 0.3) is 0 Å². The van der Waals surface area contributed by atoms with Crippen molar-refractivity contribution in [3.8, 4) is 11.5 Å². The van der Waals surface area contributed by atoms with E-state index < -0.39 is 0 Å². The third-order valence-electron chi connectivity index (χ3n) is 4.00. The zero-order chi connectivity index (χ0) is 15.6. The molecule has 4 nitrogen and oxygen atoms in total. The number of hydrogen-bond donors (Lipinski definition) is 1. The van der Waals surface area contributed by atoms with E-state index >= 15 is 0 Å². The Kier molecular flexibility index (Phi) is 7.54. The number of benzene rings is 1. The Morgan fingerprint density at radius 3 is 2.59 bits per heavy atom. The molecule has 2 rings (SSSR count). The maximum atomic E-state index is 5.96. The van der Waals surface area contributed by atoms with Gasteiger partial charge in [0, 0.05) is 13.1 Å². The van der Waals surface area contributed by atoms with Gasteiger partial charge < -0.3 is 14.8 Å². The van der Waals surface area contributed by atoms with Gasteiger partial charge in [0.05, 0.1) is 6.61 Å². The van der Waals surface area contributed by atoms with Gasteiger partial charge in [-0.2, -0.15) is 0 Å². The van der Waals surface area contributed by atoms with Gasteiger partial charge in [-0.1, -0.05) is 19.4 Å². The normalized spacial score (nSPS) is 15.7. The molecule has 1 saturated heterocycles. The van der Waals surface area contributed by atoms with Gasteiger partial charge >= 0.3 is 0 Å². The molecule has 1 aromatic rings. The number of piperidine rings is 1. The molecule has 0 unspecified atom stereocenters. The van der Waals surface area contributed by atoms with Gasteiger partial charge in [-0.15, -0.1) is 0 Å². The number of likely N-dealkylation sites (tertiary alicyclic amines) is 1. The summed E-state index contributed by atoms with van der Waals surface area (Å²) in [4.78, 5) is 2.49. The van der Waals surface area contributed by atoms with Crippen LogP contribution in [0.4, 0.5) is 0 Å². The minimum absolute atomic E-state index is 0.660. The van der Waals surface area contributed by atoms with Gasteiger partial charge in [0.2, 0.25) is 0 Å². The van der Waals surface area contributed by atoms with Gasteiger partial charge in [-0.3, -0.25) is 4.90 Å². The molecule has 4 heteroatoms. The summed E-state index contributed by atoms with van der Waals surface area (Å²) in [7, 11) is 0. The van der Waals surface area contributed by atoms with Crippen LogP contribution in [-0.4, -0.2) is 44.3 Å². The lowest BCUT2D eigenvalue weighted by molar-refractivity contribution is 0.179. The van der Waals surface area contributed by atoms with Crippen molar-refractivity contribution in [3.05, 3.63) is 23.8 Å². The summed E-state index contributed by atoms with van der Waals surface area (Å²) in [6.07, 6.45) is 4.02. The van der Waals surface area contributed by atoms with Crippen LogP contribution in [0.25, 0.3) is 0 Å². The van der Waals surface area contributed by atoms with Gasteiger partial charge in [-0.05, 0) is 57.1 Å². The lowest BCUT2D eigenvalue weighted by Crippen LogP contribution is -2.33. The van der Waals surface area contributed by atoms with Crippen LogP contribution in [-0.2, 0) is 6.54 Å². The van der Waals surface area contributed by atoms with Crippen molar-refractivity contribution < 1.29 is 9.47 Å². The summed E-state index contributed by atoms with van der Waals surface area (Å²) < 4.78 is 11.7. The van der Waals surface area contributed by atoms with Crippen LogP contribution in [0, 0.1) is 0 Å². The summed E-state index contributed by atoms with van der Waals surface area (Å²) in [5.41, 5.74) is 1.23. The molecule has 1 fully saturated rings. The Morgan fingerprint density at radius 2 is 1.86 bits per heavy atom. The molecule has 0 bridgehead atoms. The van der Waals surface area contributed by atoms with Crippen LogP contribution in [0.15, 0.2) is 18.2 Å². The van der Waals surface area contributed by atoms with E-state index in [1.807, 2.05) is 13.0 Å². The fourth-order valence-corrected chi connectivity index (χ4v) is 2.79. The number of ether oxygens (including phenoxy) is 2. The summed E-state index contributed by atoms with van der Waals surface area (Å²) in [6, 6.07) is 6.23. The number of rotatable bonds is 9. The average Bonchev–Trinajstić information content (AvgIpc) is 2.56. The molecule has 0 spiro atoms. The van der Waals surface area contributed by atoms with Crippen molar-refractivity contribution in [2.24, 2.45) is 0 Å². The molecular weight excluding hydrogens is 276 g/mol. The molecular formula is C18H30N2O2. The third kappa shape index (κ3) is 5.50. The lowest BCUT2D eigenvalue weighted by Gasteiger charge is -2.26. The first kappa shape index (κ1) is 17.1. The SMILES string of the molecule is CCNCc1ccc(OCCN2CCCCC2)c(OCC)c1. The van der Waals surface area contributed by atoms with Crippen LogP contribution in [0.1, 0.15) is 38.7 Å². The van der Waals surface area contributed by atoms with Gasteiger partial charge in [0.1, 0.15) is 6.61 Å². The van der Waals surface area contributed by atoms with E-state index in [0.717, 1.165) is 37.7 Å². The number of nitrogens with zero attached hydrogens (tertiary/aromatic N) is 1. The molecule has 1 N–H and O–H groups in total. The Balaban J connectivity index is 1.87. The molecule has 0 aliphatic carbocycles. The first-order chi connectivity index (χ1) is 10.8. The first-order valence-corrected chi connectivity index (χ1v) is 8.65. The van der Waals surface area contributed by atoms with Crippen LogP contribution in [0.2, 0.25) is 0 Å². The highest BCUT2D eigenvalue weighted by atomic mass is 16.5. The summed E-state index contributed by atoms with van der Waals surface area (Å²) >= 11 is 0. The van der Waals surface area contributed by atoms with Crippen LogP contribution in [0.3, 0.4) is 0 Å². The molecule has 0 radical (unpaired) electrons. The van der Waals surface area contributed by atoms with E-state index in [1.54, 1.807) is 0 Å². The molecule has 1 aliphatic heterocycles. The van der Waals surface area contributed by atoms with Crippen LogP contribution in [0.5, 0.6) is 11.5 Å². The minimum Gasteiger partial charge on any atom is -0.490 e. The quantitative estimate of drug-likeness (QED) is 0.760. The van der Waals surface area contributed by atoms with E-state index in [4.69, 9.17) is 9.47 Å². The monoisotopic (exact) mass is 306 g/mol. The summed E-state index contributed by atoms with van der Waals surface area (Å²) in [6.45, 7) is 10.8. The van der Waals surface area contributed by atoms with Crippen molar-refractivity contribution in [2.75, 3.05) is 39.4 Å². The van der Waals surface area contributed by atoms with E-state index in [1.165, 1.54) is 37.9 Å². The predicted octanol–water partition coefficient (Wildman–Crippen LogP) is 3.06. The number of hydrogen-bond acceptors (Lipinski definition) is 4. The molecule has 1 heterocycles. The lowest BCUT2D eigenvalue weighted by atomic mass is 10.1. The zero-order valence-electron chi connectivity index (χ0n) is 14.1. The van der Waals surface area contributed by atoms with E-state index in [2.05, 4.69) is 29.3 Å². The summed E-state index contributed by atoms with van der Waals surface area (Å²) in [5.74, 6) is 1.72. The van der Waals surface area contributed by atoms with Crippen molar-refractivity contribution in [1.82, 2.24) is 10.2 Å². The smallest absolute Gasteiger partial charge is 0.161 e. The largest absolute Gasteiger partial charge is 0.490 e. The first-order valence-electron chi connectivity index (χ1n) is 8.65. The molecule has 124 valence electrons. The topological polar surface area (TPSA) is 33.7 Å². The molecule has 0 atom stereocenters. The van der Waals surface area contributed by atoms with Crippen molar-refractivity contribution in [1.29, 1.82) is 0 Å². The second kappa shape index (κ2) is 9.70. The van der Waals surface area contributed by atoms with Gasteiger partial charge in [0.15, 0.2) is 11.5 Å². The highest BCUT2D eigenvalue weighted by Crippen LogP contribution is 2.28. The highest BCUT2D eigenvalue weighted by Gasteiger charge is 2.11. The third-order valence-corrected chi connectivity index (χ3v) is 4.00. The van der Waals surface area contributed by atoms with Crippen LogP contribution < -0.4 is 14.8 Å². The van der Waals surface area contributed by atoms with Crippen molar-refractivity contribution in [2.45, 2.75) is 39.7 Å². The molecule has 1 aliphatic rings. The predicted molar refractivity (Wildman–Crippen MR) is 90.8 cm³/mol. The minimum atomic E-state index is 0.660. The second-order valence-electron chi connectivity index (χ2n) is 5.75. The second-order valence-corrected chi connectivity index (χ2v) is 5.75. The molecule has 1 aromatic carbocycles. The maximum absolute atomic E-state index is 5.96. The average molecular weight is 306 g/mol. The molecule has 22 heavy (non-hydrogen) atoms. The highest BCUT2D eigenvalue weighted by molar-refractivity contribution is 5.43. The fraction of sp³-hybridized carbons (Fsp3) is 0.667. The Morgan fingerprint density at radius 1 is 1.05 bits per heavy atom. The van der Waals surface area contributed by atoms with Gasteiger partial charge in [-0.25, -0.2) is 0 Å². The van der Waals surface area contributed by atoms with Crippen molar-refractivity contribution >= 4 is 0 Å². The van der Waals surface area contributed by atoms with Crippen LogP contribution >= 0.6 is 0 Å². The van der Waals surface area contributed by atoms with E-state index in [-0.39, 0.29) is 0 Å². The van der Waals surface area contributed by atoms with E-state index in [9.17, 15) is 0 Å². The standard InChI is InChI=1S/C18H30N2O2/c1-3-19-15-16-8-9-17(18(14-16)21-4-2)22-13-12-20-10-6-5-7-11-20/h8-9,14,19H,3-7,10-13,15H2,1-2H3. The van der Waals surface area contributed by atoms with Crippen molar-refractivity contribution in [3.63, 3.8) is 0 Å². The number of nitrogens with one attached hydrogen (secondary N) is 1.